The van der Waals surface area contributed by atoms with E-state index < -0.39 is 5.97 Å². The first kappa shape index (κ1) is 8.93. The number of aromatic hydroxyl groups is 1. The third-order valence-corrected chi connectivity index (χ3v) is 2.00. The van der Waals surface area contributed by atoms with E-state index in [1.54, 1.807) is 6.92 Å². The van der Waals surface area contributed by atoms with Crippen LogP contribution in [-0.4, -0.2) is 16.2 Å². The van der Waals surface area contributed by atoms with Crippen molar-refractivity contribution in [1.29, 1.82) is 0 Å². The monoisotopic (exact) mass is 184 g/mol. The van der Waals surface area contributed by atoms with Crippen molar-refractivity contribution >= 4 is 18.6 Å². The maximum absolute atomic E-state index is 10.6. The second-order valence-corrected chi connectivity index (χ2v) is 2.89. The molecule has 4 heteroatoms. The summed E-state index contributed by atoms with van der Waals surface area (Å²) < 4.78 is 0. The van der Waals surface area contributed by atoms with Gasteiger partial charge in [0.2, 0.25) is 0 Å². The zero-order valence-corrected chi connectivity index (χ0v) is 7.30. The van der Waals surface area contributed by atoms with E-state index in [1.165, 1.54) is 12.1 Å². The first-order valence-corrected chi connectivity index (χ1v) is 3.73. The Hall–Kier alpha value is -1.16. The Bertz CT molecular complexity index is 333. The summed E-state index contributed by atoms with van der Waals surface area (Å²) in [6, 6.07) is 2.87. The van der Waals surface area contributed by atoms with Gasteiger partial charge in [-0.3, -0.25) is 0 Å². The summed E-state index contributed by atoms with van der Waals surface area (Å²) in [5.41, 5.74) is 0.397. The van der Waals surface area contributed by atoms with E-state index in [0.717, 1.165) is 0 Å². The van der Waals surface area contributed by atoms with Crippen LogP contribution in [0.3, 0.4) is 0 Å². The lowest BCUT2D eigenvalue weighted by Crippen LogP contribution is -2.01. The molecule has 0 radical (unpaired) electrons. The van der Waals surface area contributed by atoms with Crippen molar-refractivity contribution in [3.63, 3.8) is 0 Å². The molecule has 1 rings (SSSR count). The van der Waals surface area contributed by atoms with Gasteiger partial charge >= 0.3 is 5.97 Å². The molecule has 0 unspecified atom stereocenters. The molecule has 0 heterocycles. The Morgan fingerprint density at radius 3 is 2.50 bits per heavy atom. The highest BCUT2D eigenvalue weighted by molar-refractivity contribution is 7.80. The van der Waals surface area contributed by atoms with E-state index >= 15 is 0 Å². The van der Waals surface area contributed by atoms with Crippen molar-refractivity contribution in [2.75, 3.05) is 0 Å². The fourth-order valence-electron chi connectivity index (χ4n) is 0.956. The normalized spacial score (nSPS) is 9.83. The second-order valence-electron chi connectivity index (χ2n) is 2.41. The van der Waals surface area contributed by atoms with Gasteiger partial charge in [-0.1, -0.05) is 0 Å². The fourth-order valence-corrected chi connectivity index (χ4v) is 1.29. The van der Waals surface area contributed by atoms with Crippen LogP contribution in [0.1, 0.15) is 15.9 Å². The molecular weight excluding hydrogens is 176 g/mol. The van der Waals surface area contributed by atoms with Crippen LogP contribution in [-0.2, 0) is 0 Å². The number of thiol groups is 1. The molecule has 2 N–H and O–H groups in total. The smallest absolute Gasteiger partial charge is 0.337 e. The lowest BCUT2D eigenvalue weighted by atomic mass is 10.1. The van der Waals surface area contributed by atoms with Gasteiger partial charge in [-0.25, -0.2) is 4.79 Å². The second kappa shape index (κ2) is 3.06. The average molecular weight is 184 g/mol. The molecule has 0 spiro atoms. The van der Waals surface area contributed by atoms with E-state index in [0.29, 0.717) is 10.5 Å². The fraction of sp³-hybridized carbons (Fsp3) is 0.125. The van der Waals surface area contributed by atoms with E-state index in [4.69, 9.17) is 5.11 Å². The maximum atomic E-state index is 10.6. The van der Waals surface area contributed by atoms with Crippen LogP contribution >= 0.6 is 12.6 Å². The van der Waals surface area contributed by atoms with Crippen LogP contribution in [0.15, 0.2) is 17.0 Å². The number of carboxylic acid groups (broad SMARTS) is 1. The van der Waals surface area contributed by atoms with Crippen LogP contribution in [0.4, 0.5) is 0 Å². The molecular formula is C8H8O3S. The van der Waals surface area contributed by atoms with Gasteiger partial charge in [0, 0.05) is 10.5 Å². The van der Waals surface area contributed by atoms with Gasteiger partial charge in [0.05, 0.1) is 5.56 Å². The molecule has 0 aliphatic rings. The SMILES string of the molecule is Cc1c(O)ccc(S)c1C(=O)O. The Labute approximate surface area is 75.1 Å². The minimum Gasteiger partial charge on any atom is -0.508 e. The number of benzene rings is 1. The largest absolute Gasteiger partial charge is 0.508 e. The molecule has 3 nitrogen and oxygen atoms in total. The topological polar surface area (TPSA) is 57.5 Å². The number of phenols is 1. The average Bonchev–Trinajstić information content (AvgIpc) is 1.97. The van der Waals surface area contributed by atoms with Crippen LogP contribution in [0.25, 0.3) is 0 Å². The van der Waals surface area contributed by atoms with Gasteiger partial charge in [0.15, 0.2) is 0 Å². The van der Waals surface area contributed by atoms with E-state index in [-0.39, 0.29) is 11.3 Å². The van der Waals surface area contributed by atoms with Crippen molar-refractivity contribution in [2.45, 2.75) is 11.8 Å². The predicted octanol–water partition coefficient (Wildman–Crippen LogP) is 1.69. The molecule has 0 aliphatic carbocycles. The zero-order chi connectivity index (χ0) is 9.30. The highest BCUT2D eigenvalue weighted by atomic mass is 32.1. The third-order valence-electron chi connectivity index (χ3n) is 1.63. The minimum atomic E-state index is -1.08. The summed E-state index contributed by atoms with van der Waals surface area (Å²) in [7, 11) is 0. The van der Waals surface area contributed by atoms with Gasteiger partial charge in [-0.2, -0.15) is 0 Å². The Morgan fingerprint density at radius 2 is 2.08 bits per heavy atom. The van der Waals surface area contributed by atoms with Crippen molar-refractivity contribution in [3.05, 3.63) is 23.3 Å². The number of carbonyl (C=O) groups is 1. The number of rotatable bonds is 1. The molecule has 1 aromatic rings. The zero-order valence-electron chi connectivity index (χ0n) is 6.40. The molecule has 0 fully saturated rings. The first-order valence-electron chi connectivity index (χ1n) is 3.29. The number of hydrogen-bond donors (Lipinski definition) is 3. The number of hydrogen-bond acceptors (Lipinski definition) is 3. The van der Waals surface area contributed by atoms with Crippen LogP contribution in [0.2, 0.25) is 0 Å². The first-order chi connectivity index (χ1) is 5.54. The molecule has 0 amide bonds. The summed E-state index contributed by atoms with van der Waals surface area (Å²) in [6.45, 7) is 1.54. The van der Waals surface area contributed by atoms with E-state index in [2.05, 4.69) is 12.6 Å². The summed E-state index contributed by atoms with van der Waals surface area (Å²) in [5.74, 6) is -1.10. The van der Waals surface area contributed by atoms with E-state index in [1.807, 2.05) is 0 Å². The van der Waals surface area contributed by atoms with Crippen molar-refractivity contribution in [1.82, 2.24) is 0 Å². The third kappa shape index (κ3) is 1.38. The van der Waals surface area contributed by atoms with Crippen molar-refractivity contribution in [3.8, 4) is 5.75 Å². The highest BCUT2D eigenvalue weighted by Gasteiger charge is 2.13. The summed E-state index contributed by atoms with van der Waals surface area (Å²) >= 11 is 3.96. The quantitative estimate of drug-likeness (QED) is 0.582. The summed E-state index contributed by atoms with van der Waals surface area (Å²) in [6.07, 6.45) is 0. The lowest BCUT2D eigenvalue weighted by Gasteiger charge is -2.05. The van der Waals surface area contributed by atoms with Crippen LogP contribution in [0.5, 0.6) is 5.75 Å². The molecule has 0 aliphatic heterocycles. The number of carboxylic acids is 1. The highest BCUT2D eigenvalue weighted by Crippen LogP contribution is 2.25. The number of aromatic carboxylic acids is 1. The maximum Gasteiger partial charge on any atom is 0.337 e. The van der Waals surface area contributed by atoms with Crippen LogP contribution in [0, 0.1) is 6.92 Å². The Balaban J connectivity index is 3.43. The van der Waals surface area contributed by atoms with Gasteiger partial charge in [0.25, 0.3) is 0 Å². The Kier molecular flexibility index (Phi) is 2.28. The minimum absolute atomic E-state index is 0.0230. The Morgan fingerprint density at radius 1 is 1.50 bits per heavy atom. The van der Waals surface area contributed by atoms with Crippen LogP contribution < -0.4 is 0 Å². The lowest BCUT2D eigenvalue weighted by molar-refractivity contribution is 0.0692. The molecule has 64 valence electrons. The predicted molar refractivity (Wildman–Crippen MR) is 47.1 cm³/mol. The van der Waals surface area contributed by atoms with Crippen molar-refractivity contribution < 1.29 is 15.0 Å². The summed E-state index contributed by atoms with van der Waals surface area (Å²) in [4.78, 5) is 11.0. The molecule has 0 aromatic heterocycles. The molecule has 0 saturated heterocycles. The van der Waals surface area contributed by atoms with Gasteiger partial charge in [-0.05, 0) is 19.1 Å². The van der Waals surface area contributed by atoms with Gasteiger partial charge in [0.1, 0.15) is 5.75 Å². The molecule has 12 heavy (non-hydrogen) atoms. The standard InChI is InChI=1S/C8H8O3S/c1-4-5(9)2-3-6(12)7(4)8(10)11/h2-3,9,12H,1H3,(H,10,11). The molecule has 0 saturated carbocycles. The van der Waals surface area contributed by atoms with E-state index in [9.17, 15) is 9.90 Å². The molecule has 0 bridgehead atoms. The summed E-state index contributed by atoms with van der Waals surface area (Å²) in [5, 5.41) is 17.9. The number of phenolic OH excluding ortho intramolecular Hbond substituents is 1. The van der Waals surface area contributed by atoms with Crippen molar-refractivity contribution in [2.24, 2.45) is 0 Å². The van der Waals surface area contributed by atoms with Gasteiger partial charge in [-0.15, -0.1) is 12.6 Å². The molecule has 0 atom stereocenters. The molecule has 1 aromatic carbocycles. The van der Waals surface area contributed by atoms with Gasteiger partial charge < -0.3 is 10.2 Å².